The summed E-state index contributed by atoms with van der Waals surface area (Å²) in [7, 11) is 0. The molecule has 0 spiro atoms. The molecule has 1 unspecified atom stereocenters. The highest BCUT2D eigenvalue weighted by Crippen LogP contribution is 2.33. The maximum atomic E-state index is 13.1. The Morgan fingerprint density at radius 2 is 2.07 bits per heavy atom. The monoisotopic (exact) mass is 422 g/mol. The number of aromatic nitrogens is 4. The van der Waals surface area contributed by atoms with Gasteiger partial charge in [-0.2, -0.15) is 0 Å². The summed E-state index contributed by atoms with van der Waals surface area (Å²) in [5.74, 6) is 1.00. The van der Waals surface area contributed by atoms with E-state index in [-0.39, 0.29) is 16.9 Å². The van der Waals surface area contributed by atoms with Gasteiger partial charge in [-0.05, 0) is 45.4 Å². The molecule has 0 aliphatic heterocycles. The van der Waals surface area contributed by atoms with Crippen LogP contribution in [0.15, 0.2) is 32.6 Å². The summed E-state index contributed by atoms with van der Waals surface area (Å²) in [6.45, 7) is 8.75. The summed E-state index contributed by atoms with van der Waals surface area (Å²) >= 11 is 7.50. The van der Waals surface area contributed by atoms with E-state index >= 15 is 0 Å². The van der Waals surface area contributed by atoms with Crippen LogP contribution in [0.1, 0.15) is 44.2 Å². The number of rotatable bonds is 8. The fourth-order valence-corrected chi connectivity index (χ4v) is 3.82. The second-order valence-corrected chi connectivity index (χ2v) is 8.45. The van der Waals surface area contributed by atoms with Crippen LogP contribution in [0.3, 0.4) is 0 Å². The SMILES string of the molecule is Cc1nnc(C(C)Sc2nc3cc(Cl)ccc3c(=O)n2CCCOC(C)C)o1. The Hall–Kier alpha value is -1.90. The van der Waals surface area contributed by atoms with Gasteiger partial charge in [0.25, 0.3) is 5.56 Å². The quantitative estimate of drug-likeness (QED) is 0.302. The predicted molar refractivity (Wildman–Crippen MR) is 110 cm³/mol. The topological polar surface area (TPSA) is 83.0 Å². The molecule has 7 nitrogen and oxygen atoms in total. The molecule has 0 amide bonds. The van der Waals surface area contributed by atoms with Crippen LogP contribution in [0.2, 0.25) is 5.02 Å². The van der Waals surface area contributed by atoms with Gasteiger partial charge in [-0.25, -0.2) is 4.98 Å². The highest BCUT2D eigenvalue weighted by molar-refractivity contribution is 7.99. The van der Waals surface area contributed by atoms with Gasteiger partial charge in [0.05, 0.1) is 22.3 Å². The molecule has 1 aromatic carbocycles. The first-order chi connectivity index (χ1) is 13.3. The Kier molecular flexibility index (Phi) is 6.74. The number of halogens is 1. The molecule has 0 bridgehead atoms. The zero-order valence-electron chi connectivity index (χ0n) is 16.3. The van der Waals surface area contributed by atoms with E-state index in [0.717, 1.165) is 0 Å². The molecule has 2 aromatic heterocycles. The van der Waals surface area contributed by atoms with Crippen LogP contribution in [0.5, 0.6) is 0 Å². The van der Waals surface area contributed by atoms with E-state index in [2.05, 4.69) is 10.2 Å². The summed E-state index contributed by atoms with van der Waals surface area (Å²) in [4.78, 5) is 17.8. The van der Waals surface area contributed by atoms with Gasteiger partial charge in [0.15, 0.2) is 5.16 Å². The number of nitrogens with zero attached hydrogens (tertiary/aromatic N) is 4. The van der Waals surface area contributed by atoms with Crippen molar-refractivity contribution < 1.29 is 9.15 Å². The van der Waals surface area contributed by atoms with Gasteiger partial charge in [0.1, 0.15) is 0 Å². The van der Waals surface area contributed by atoms with Gasteiger partial charge >= 0.3 is 0 Å². The third-order valence-corrected chi connectivity index (χ3v) is 5.34. The lowest BCUT2D eigenvalue weighted by atomic mass is 10.2. The fourth-order valence-electron chi connectivity index (χ4n) is 2.69. The third-order valence-electron chi connectivity index (χ3n) is 4.03. The first-order valence-corrected chi connectivity index (χ1v) is 10.4. The molecular weight excluding hydrogens is 400 g/mol. The molecule has 0 aliphatic carbocycles. The van der Waals surface area contributed by atoms with Crippen LogP contribution < -0.4 is 5.56 Å². The lowest BCUT2D eigenvalue weighted by Crippen LogP contribution is -2.24. The van der Waals surface area contributed by atoms with Gasteiger partial charge in [-0.15, -0.1) is 10.2 Å². The molecule has 0 aliphatic rings. The van der Waals surface area contributed by atoms with Crippen LogP contribution in [0, 0.1) is 6.92 Å². The van der Waals surface area contributed by atoms with Crippen molar-refractivity contribution in [3.05, 3.63) is 45.4 Å². The minimum atomic E-state index is -0.150. The molecule has 0 saturated carbocycles. The van der Waals surface area contributed by atoms with E-state index in [1.54, 1.807) is 29.7 Å². The highest BCUT2D eigenvalue weighted by Gasteiger charge is 2.19. The molecule has 0 N–H and O–H groups in total. The number of ether oxygens (including phenoxy) is 1. The lowest BCUT2D eigenvalue weighted by Gasteiger charge is -2.15. The first kappa shape index (κ1) is 20.8. The van der Waals surface area contributed by atoms with Crippen LogP contribution in [-0.2, 0) is 11.3 Å². The maximum Gasteiger partial charge on any atom is 0.262 e. The third kappa shape index (κ3) is 4.92. The number of aryl methyl sites for hydroxylation is 1. The summed E-state index contributed by atoms with van der Waals surface area (Å²) in [6.07, 6.45) is 0.865. The zero-order valence-corrected chi connectivity index (χ0v) is 17.9. The molecular formula is C19H23ClN4O3S. The van der Waals surface area contributed by atoms with Crippen molar-refractivity contribution in [2.75, 3.05) is 6.61 Å². The van der Waals surface area contributed by atoms with Crippen molar-refractivity contribution in [2.24, 2.45) is 0 Å². The summed E-state index contributed by atoms with van der Waals surface area (Å²) in [5, 5.41) is 9.47. The van der Waals surface area contributed by atoms with Gasteiger partial charge in [0.2, 0.25) is 11.8 Å². The van der Waals surface area contributed by atoms with Crippen molar-refractivity contribution in [1.82, 2.24) is 19.7 Å². The minimum absolute atomic E-state index is 0.0948. The van der Waals surface area contributed by atoms with E-state index in [9.17, 15) is 4.79 Å². The van der Waals surface area contributed by atoms with Crippen molar-refractivity contribution in [1.29, 1.82) is 0 Å². The lowest BCUT2D eigenvalue weighted by molar-refractivity contribution is 0.0743. The largest absolute Gasteiger partial charge is 0.424 e. The summed E-state index contributed by atoms with van der Waals surface area (Å²) in [5.41, 5.74) is 0.478. The normalized spacial score (nSPS) is 12.8. The second kappa shape index (κ2) is 9.07. The Morgan fingerprint density at radius 3 is 2.75 bits per heavy atom. The van der Waals surface area contributed by atoms with Crippen LogP contribution in [0.25, 0.3) is 10.9 Å². The molecule has 3 rings (SSSR count). The van der Waals surface area contributed by atoms with Gasteiger partial charge in [0, 0.05) is 25.1 Å². The van der Waals surface area contributed by atoms with Crippen molar-refractivity contribution >= 4 is 34.3 Å². The van der Waals surface area contributed by atoms with Crippen LogP contribution in [-0.4, -0.2) is 32.5 Å². The first-order valence-electron chi connectivity index (χ1n) is 9.13. The Morgan fingerprint density at radius 1 is 1.29 bits per heavy atom. The molecule has 9 heteroatoms. The van der Waals surface area contributed by atoms with Gasteiger partial charge in [-0.3, -0.25) is 9.36 Å². The Balaban J connectivity index is 1.94. The average molecular weight is 423 g/mol. The van der Waals surface area contributed by atoms with Crippen LogP contribution in [0.4, 0.5) is 0 Å². The average Bonchev–Trinajstić information content (AvgIpc) is 3.07. The Bertz CT molecular complexity index is 1020. The predicted octanol–water partition coefficient (Wildman–Crippen LogP) is 4.41. The molecule has 150 valence electrons. The molecule has 3 aromatic rings. The minimum Gasteiger partial charge on any atom is -0.424 e. The number of hydrogen-bond donors (Lipinski definition) is 0. The molecule has 1 atom stereocenters. The molecule has 2 heterocycles. The van der Waals surface area contributed by atoms with Gasteiger partial charge in [-0.1, -0.05) is 23.4 Å². The summed E-state index contributed by atoms with van der Waals surface area (Å²) in [6, 6.07) is 5.12. The van der Waals surface area contributed by atoms with Gasteiger partial charge < -0.3 is 9.15 Å². The maximum absolute atomic E-state index is 13.1. The second-order valence-electron chi connectivity index (χ2n) is 6.71. The number of thioether (sulfide) groups is 1. The van der Waals surface area contributed by atoms with E-state index in [1.807, 2.05) is 20.8 Å². The zero-order chi connectivity index (χ0) is 20.3. The number of fused-ring (bicyclic) bond motifs is 1. The van der Waals surface area contributed by atoms with E-state index in [1.165, 1.54) is 11.8 Å². The summed E-state index contributed by atoms with van der Waals surface area (Å²) < 4.78 is 12.8. The Labute approximate surface area is 172 Å². The molecule has 0 fully saturated rings. The van der Waals surface area contributed by atoms with Crippen LogP contribution >= 0.6 is 23.4 Å². The van der Waals surface area contributed by atoms with Crippen molar-refractivity contribution in [3.8, 4) is 0 Å². The number of hydrogen-bond acceptors (Lipinski definition) is 7. The molecule has 0 saturated heterocycles. The van der Waals surface area contributed by atoms with Crippen molar-refractivity contribution in [3.63, 3.8) is 0 Å². The molecule has 0 radical (unpaired) electrons. The van der Waals surface area contributed by atoms with E-state index in [4.69, 9.17) is 25.7 Å². The number of benzene rings is 1. The van der Waals surface area contributed by atoms with Crippen molar-refractivity contribution in [2.45, 2.75) is 57.2 Å². The fraction of sp³-hybridized carbons (Fsp3) is 0.474. The van der Waals surface area contributed by atoms with E-state index in [0.29, 0.717) is 52.4 Å². The smallest absolute Gasteiger partial charge is 0.262 e. The standard InChI is InChI=1S/C19H23ClN4O3S/c1-11(2)26-9-5-8-24-18(25)15-7-6-14(20)10-16(15)21-19(24)28-12(3)17-23-22-13(4)27-17/h6-7,10-12H,5,8-9H2,1-4H3. The highest BCUT2D eigenvalue weighted by atomic mass is 35.5. The van der Waals surface area contributed by atoms with E-state index < -0.39 is 0 Å². The molecule has 28 heavy (non-hydrogen) atoms.